The van der Waals surface area contributed by atoms with Crippen LogP contribution in [0.15, 0.2) is 0 Å². The van der Waals surface area contributed by atoms with Crippen molar-refractivity contribution in [2.75, 3.05) is 64.9 Å². The number of rotatable bonds is 26. The second-order valence-electron chi connectivity index (χ2n) is 10.4. The maximum atomic E-state index is 12.9. The van der Waals surface area contributed by atoms with Crippen molar-refractivity contribution in [1.29, 1.82) is 0 Å². The third-order valence-corrected chi connectivity index (χ3v) is 8.11. The van der Waals surface area contributed by atoms with Gasteiger partial charge in [-0.2, -0.15) is 11.8 Å². The van der Waals surface area contributed by atoms with E-state index in [0.717, 1.165) is 25.7 Å². The fraction of sp³-hybridized carbons (Fsp3) is 0.931. The molecule has 10 heteroatoms. The Morgan fingerprint density at radius 3 is 2.33 bits per heavy atom. The summed E-state index contributed by atoms with van der Waals surface area (Å²) in [4.78, 5) is 25.6. The first-order valence-corrected chi connectivity index (χ1v) is 15.7. The lowest BCUT2D eigenvalue weighted by atomic mass is 9.79. The standard InChI is InChI=1S/C29H56O9S/c1-7-10-11-12-26(8-2)38-20-24(17-23(4)27(32)37-16-15-36-14-13-35-9-3)18-29(5,28(33)34-6)22-39-21-25(31)19-30/h23-26,30-31H,7-22H2,1-6H3. The molecule has 0 aromatic carbocycles. The van der Waals surface area contributed by atoms with Gasteiger partial charge in [0.15, 0.2) is 0 Å². The van der Waals surface area contributed by atoms with Crippen molar-refractivity contribution in [3.05, 3.63) is 0 Å². The molecule has 232 valence electrons. The highest BCUT2D eigenvalue weighted by Gasteiger charge is 2.38. The van der Waals surface area contributed by atoms with Crippen molar-refractivity contribution in [3.8, 4) is 0 Å². The quantitative estimate of drug-likeness (QED) is 0.113. The van der Waals surface area contributed by atoms with Crippen LogP contribution in [0.25, 0.3) is 0 Å². The summed E-state index contributed by atoms with van der Waals surface area (Å²) in [5.74, 6) is -0.375. The lowest BCUT2D eigenvalue weighted by Gasteiger charge is -2.32. The largest absolute Gasteiger partial charge is 0.469 e. The highest BCUT2D eigenvalue weighted by molar-refractivity contribution is 7.99. The minimum Gasteiger partial charge on any atom is -0.469 e. The monoisotopic (exact) mass is 580 g/mol. The van der Waals surface area contributed by atoms with Crippen molar-refractivity contribution in [2.24, 2.45) is 17.3 Å². The number of unbranched alkanes of at least 4 members (excludes halogenated alkanes) is 2. The average molecular weight is 581 g/mol. The molecule has 0 aliphatic rings. The minimum atomic E-state index is -0.845. The van der Waals surface area contributed by atoms with Gasteiger partial charge in [0.1, 0.15) is 6.61 Å². The van der Waals surface area contributed by atoms with E-state index in [1.165, 1.54) is 25.3 Å². The van der Waals surface area contributed by atoms with Crippen molar-refractivity contribution >= 4 is 23.7 Å². The molecule has 0 amide bonds. The molecule has 5 atom stereocenters. The number of carbonyl (C=O) groups excluding carboxylic acids is 2. The van der Waals surface area contributed by atoms with E-state index in [1.807, 2.05) is 20.8 Å². The number of thioether (sulfide) groups is 1. The van der Waals surface area contributed by atoms with E-state index >= 15 is 0 Å². The predicted octanol–water partition coefficient (Wildman–Crippen LogP) is 4.26. The molecular formula is C29H56O9S. The van der Waals surface area contributed by atoms with E-state index in [9.17, 15) is 14.7 Å². The predicted molar refractivity (Wildman–Crippen MR) is 155 cm³/mol. The van der Waals surface area contributed by atoms with E-state index in [4.69, 9.17) is 28.8 Å². The second-order valence-corrected chi connectivity index (χ2v) is 11.5. The van der Waals surface area contributed by atoms with Crippen molar-refractivity contribution < 1.29 is 43.5 Å². The van der Waals surface area contributed by atoms with Crippen LogP contribution in [0.2, 0.25) is 0 Å². The van der Waals surface area contributed by atoms with Crippen LogP contribution in [-0.4, -0.2) is 99.2 Å². The van der Waals surface area contributed by atoms with Crippen LogP contribution in [0.1, 0.15) is 79.6 Å². The molecule has 0 rings (SSSR count). The zero-order valence-corrected chi connectivity index (χ0v) is 26.1. The summed E-state index contributed by atoms with van der Waals surface area (Å²) >= 11 is 1.40. The van der Waals surface area contributed by atoms with Gasteiger partial charge in [0.25, 0.3) is 0 Å². The number of methoxy groups -OCH3 is 1. The Balaban J connectivity index is 5.28. The van der Waals surface area contributed by atoms with Gasteiger partial charge >= 0.3 is 11.9 Å². The molecule has 0 aliphatic carbocycles. The normalized spacial score (nSPS) is 16.2. The Kier molecular flexibility index (Phi) is 23.2. The molecule has 0 bridgehead atoms. The molecule has 2 N–H and O–H groups in total. The number of aliphatic hydroxyl groups is 2. The minimum absolute atomic E-state index is 0.0808. The summed E-state index contributed by atoms with van der Waals surface area (Å²) in [5, 5.41) is 18.9. The molecule has 0 spiro atoms. The zero-order chi connectivity index (χ0) is 29.5. The van der Waals surface area contributed by atoms with Gasteiger partial charge in [-0.3, -0.25) is 9.59 Å². The fourth-order valence-electron chi connectivity index (χ4n) is 4.37. The van der Waals surface area contributed by atoms with Gasteiger partial charge < -0.3 is 33.9 Å². The first kappa shape index (κ1) is 38.1. The second kappa shape index (κ2) is 23.8. The number of ether oxygens (including phenoxy) is 5. The maximum absolute atomic E-state index is 12.9. The number of hydrogen-bond acceptors (Lipinski definition) is 10. The van der Waals surface area contributed by atoms with Crippen LogP contribution in [0.5, 0.6) is 0 Å². The summed E-state index contributed by atoms with van der Waals surface area (Å²) in [6.45, 7) is 12.1. The Labute approximate surface area is 241 Å². The molecule has 0 heterocycles. The summed E-state index contributed by atoms with van der Waals surface area (Å²) < 4.78 is 27.6. The molecule has 0 fully saturated rings. The highest BCUT2D eigenvalue weighted by atomic mass is 32.2. The summed E-state index contributed by atoms with van der Waals surface area (Å²) in [5.41, 5.74) is -0.843. The van der Waals surface area contributed by atoms with Crippen molar-refractivity contribution in [2.45, 2.75) is 91.8 Å². The van der Waals surface area contributed by atoms with E-state index < -0.39 is 11.5 Å². The zero-order valence-electron chi connectivity index (χ0n) is 25.3. The Morgan fingerprint density at radius 2 is 1.72 bits per heavy atom. The van der Waals surface area contributed by atoms with Gasteiger partial charge in [0.2, 0.25) is 0 Å². The van der Waals surface area contributed by atoms with Gasteiger partial charge in [0, 0.05) is 24.7 Å². The van der Waals surface area contributed by atoms with Crippen LogP contribution in [0, 0.1) is 17.3 Å². The van der Waals surface area contributed by atoms with Gasteiger partial charge in [-0.1, -0.05) is 40.0 Å². The average Bonchev–Trinajstić information content (AvgIpc) is 2.93. The Bertz CT molecular complexity index is 622. The SMILES string of the molecule is CCCCCC(CC)OCC(CC(C)C(=O)OCCOCCOCC)CC(C)(CSCC(O)CO)C(=O)OC. The lowest BCUT2D eigenvalue weighted by Crippen LogP contribution is -2.37. The molecule has 5 unspecified atom stereocenters. The lowest BCUT2D eigenvalue weighted by molar-refractivity contribution is -0.152. The van der Waals surface area contributed by atoms with Crippen LogP contribution in [-0.2, 0) is 33.3 Å². The summed E-state index contributed by atoms with van der Waals surface area (Å²) in [7, 11) is 1.37. The summed E-state index contributed by atoms with van der Waals surface area (Å²) in [6, 6.07) is 0. The number of aliphatic hydroxyl groups excluding tert-OH is 2. The van der Waals surface area contributed by atoms with Gasteiger partial charge in [-0.15, -0.1) is 0 Å². The first-order valence-electron chi connectivity index (χ1n) is 14.6. The van der Waals surface area contributed by atoms with Crippen molar-refractivity contribution in [1.82, 2.24) is 0 Å². The van der Waals surface area contributed by atoms with Gasteiger partial charge in [0.05, 0.1) is 57.1 Å². The molecule has 0 aromatic rings. The fourth-order valence-corrected chi connectivity index (χ4v) is 5.55. The van der Waals surface area contributed by atoms with E-state index in [2.05, 4.69) is 13.8 Å². The third kappa shape index (κ3) is 18.2. The van der Waals surface area contributed by atoms with Crippen LogP contribution in [0.3, 0.4) is 0 Å². The smallest absolute Gasteiger partial charge is 0.312 e. The molecule has 9 nitrogen and oxygen atoms in total. The van der Waals surface area contributed by atoms with E-state index in [1.54, 1.807) is 0 Å². The number of hydrogen-bond donors (Lipinski definition) is 2. The highest BCUT2D eigenvalue weighted by Crippen LogP contribution is 2.35. The van der Waals surface area contributed by atoms with Crippen LogP contribution < -0.4 is 0 Å². The maximum Gasteiger partial charge on any atom is 0.312 e. The molecular weight excluding hydrogens is 524 g/mol. The first-order chi connectivity index (χ1) is 18.7. The van der Waals surface area contributed by atoms with Gasteiger partial charge in [-0.05, 0) is 45.4 Å². The molecule has 0 aromatic heterocycles. The summed E-state index contributed by atoms with van der Waals surface area (Å²) in [6.07, 6.45) is 5.57. The van der Waals surface area contributed by atoms with Gasteiger partial charge in [-0.25, -0.2) is 0 Å². The van der Waals surface area contributed by atoms with E-state index in [0.29, 0.717) is 57.4 Å². The third-order valence-electron chi connectivity index (χ3n) is 6.65. The Hall–Kier alpha value is -0.910. The molecule has 0 aliphatic heterocycles. The number of esters is 2. The Morgan fingerprint density at radius 1 is 1.03 bits per heavy atom. The van der Waals surface area contributed by atoms with Crippen molar-refractivity contribution in [3.63, 3.8) is 0 Å². The number of carbonyl (C=O) groups is 2. The van der Waals surface area contributed by atoms with Crippen LogP contribution >= 0.6 is 11.8 Å². The van der Waals surface area contributed by atoms with E-state index in [-0.39, 0.29) is 43.1 Å². The van der Waals surface area contributed by atoms with Crippen LogP contribution in [0.4, 0.5) is 0 Å². The molecule has 0 saturated carbocycles. The molecule has 39 heavy (non-hydrogen) atoms. The topological polar surface area (TPSA) is 121 Å². The molecule has 0 radical (unpaired) electrons. The molecule has 0 saturated heterocycles.